The Labute approximate surface area is 79.3 Å². The number of hydrogen-bond donors (Lipinski definition) is 2. The second-order valence-corrected chi connectivity index (χ2v) is 3.46. The second-order valence-electron chi connectivity index (χ2n) is 3.46. The van der Waals surface area contributed by atoms with Gasteiger partial charge in [-0.1, -0.05) is 6.92 Å². The van der Waals surface area contributed by atoms with Crippen molar-refractivity contribution in [2.75, 3.05) is 13.7 Å². The van der Waals surface area contributed by atoms with Crippen LogP contribution in [0, 0.1) is 0 Å². The summed E-state index contributed by atoms with van der Waals surface area (Å²) in [4.78, 5) is 11.1. The first-order chi connectivity index (χ1) is 5.99. The van der Waals surface area contributed by atoms with Crippen LogP contribution in [0.15, 0.2) is 0 Å². The van der Waals surface area contributed by atoms with Crippen LogP contribution in [0.5, 0.6) is 0 Å². The van der Waals surface area contributed by atoms with Gasteiger partial charge in [-0.05, 0) is 20.3 Å². The summed E-state index contributed by atoms with van der Waals surface area (Å²) in [7, 11) is 1.35. The molecule has 2 atom stereocenters. The minimum absolute atomic E-state index is 0.00480. The zero-order valence-electron chi connectivity index (χ0n) is 8.76. The van der Waals surface area contributed by atoms with Gasteiger partial charge in [-0.3, -0.25) is 10.1 Å². The number of nitrogens with one attached hydrogen (secondary N) is 1. The number of hydrogen-bond acceptors (Lipinski definition) is 4. The normalized spacial score (nSPS) is 17.6. The van der Waals surface area contributed by atoms with Crippen LogP contribution in [-0.2, 0) is 9.53 Å². The van der Waals surface area contributed by atoms with E-state index in [0.717, 1.165) is 6.42 Å². The summed E-state index contributed by atoms with van der Waals surface area (Å²) in [6.07, 6.45) is 0.755. The van der Waals surface area contributed by atoms with E-state index in [9.17, 15) is 4.79 Å². The molecule has 0 fully saturated rings. The predicted molar refractivity (Wildman–Crippen MR) is 50.4 cm³/mol. The zero-order valence-corrected chi connectivity index (χ0v) is 8.76. The lowest BCUT2D eigenvalue weighted by Gasteiger charge is -2.29. The fourth-order valence-electron chi connectivity index (χ4n) is 1.02. The number of carbonyl (C=O) groups is 1. The highest BCUT2D eigenvalue weighted by Gasteiger charge is 2.26. The first-order valence-electron chi connectivity index (χ1n) is 4.45. The summed E-state index contributed by atoms with van der Waals surface area (Å²) in [6, 6.07) is -0.387. The van der Waals surface area contributed by atoms with Crippen LogP contribution in [0.1, 0.15) is 27.2 Å². The van der Waals surface area contributed by atoms with E-state index in [1.54, 1.807) is 6.92 Å². The molecular weight excluding hydrogens is 170 g/mol. The van der Waals surface area contributed by atoms with Gasteiger partial charge in [0.15, 0.2) is 0 Å². The third-order valence-corrected chi connectivity index (χ3v) is 2.25. The lowest BCUT2D eigenvalue weighted by Crippen LogP contribution is -2.52. The molecule has 0 spiro atoms. The molecule has 0 rings (SSSR count). The lowest BCUT2D eigenvalue weighted by atomic mass is 9.99. The Hall–Kier alpha value is -0.610. The van der Waals surface area contributed by atoms with Gasteiger partial charge < -0.3 is 9.84 Å². The van der Waals surface area contributed by atoms with Crippen molar-refractivity contribution in [2.24, 2.45) is 0 Å². The Morgan fingerprint density at radius 3 is 2.54 bits per heavy atom. The molecule has 0 aromatic rings. The first-order valence-corrected chi connectivity index (χ1v) is 4.45. The number of carbonyl (C=O) groups excluding carboxylic acids is 1. The maximum atomic E-state index is 11.1. The number of aliphatic hydroxyl groups is 1. The van der Waals surface area contributed by atoms with Crippen LogP contribution < -0.4 is 5.32 Å². The Morgan fingerprint density at radius 1 is 1.69 bits per heavy atom. The fourth-order valence-corrected chi connectivity index (χ4v) is 1.02. The van der Waals surface area contributed by atoms with E-state index in [4.69, 9.17) is 5.11 Å². The SMILES string of the molecule is CCC(C)(CO)NC(C)C(=O)OC. The van der Waals surface area contributed by atoms with Crippen molar-refractivity contribution in [3.05, 3.63) is 0 Å². The molecule has 0 saturated carbocycles. The molecule has 0 amide bonds. The average Bonchev–Trinajstić information content (AvgIpc) is 2.16. The molecule has 0 heterocycles. The molecular formula is C9H19NO3. The molecule has 13 heavy (non-hydrogen) atoms. The molecule has 78 valence electrons. The molecule has 4 heteroatoms. The summed E-state index contributed by atoms with van der Waals surface area (Å²) in [5.41, 5.74) is -0.409. The predicted octanol–water partition coefficient (Wildman–Crippen LogP) is 0.298. The number of esters is 1. The summed E-state index contributed by atoms with van der Waals surface area (Å²) in [5.74, 6) is -0.312. The van der Waals surface area contributed by atoms with Crippen molar-refractivity contribution >= 4 is 5.97 Å². The van der Waals surface area contributed by atoms with Gasteiger partial charge in [0.2, 0.25) is 0 Å². The topological polar surface area (TPSA) is 58.6 Å². The largest absolute Gasteiger partial charge is 0.468 e. The number of methoxy groups -OCH3 is 1. The Bertz CT molecular complexity index is 166. The maximum Gasteiger partial charge on any atom is 0.322 e. The van der Waals surface area contributed by atoms with Crippen LogP contribution in [-0.4, -0.2) is 36.4 Å². The van der Waals surface area contributed by atoms with Crippen LogP contribution in [0.2, 0.25) is 0 Å². The van der Waals surface area contributed by atoms with E-state index in [2.05, 4.69) is 10.1 Å². The monoisotopic (exact) mass is 189 g/mol. The average molecular weight is 189 g/mol. The molecule has 0 bridgehead atoms. The van der Waals surface area contributed by atoms with Crippen molar-refractivity contribution in [3.8, 4) is 0 Å². The maximum absolute atomic E-state index is 11.1. The molecule has 4 nitrogen and oxygen atoms in total. The van der Waals surface area contributed by atoms with Gasteiger partial charge >= 0.3 is 5.97 Å². The summed E-state index contributed by atoms with van der Waals surface area (Å²) < 4.78 is 4.56. The minimum atomic E-state index is -0.409. The van der Waals surface area contributed by atoms with Crippen molar-refractivity contribution in [1.82, 2.24) is 5.32 Å². The van der Waals surface area contributed by atoms with Crippen LogP contribution >= 0.6 is 0 Å². The van der Waals surface area contributed by atoms with E-state index in [-0.39, 0.29) is 18.6 Å². The standard InChI is InChI=1S/C9H19NO3/c1-5-9(3,6-11)10-7(2)8(12)13-4/h7,10-11H,5-6H2,1-4H3. The van der Waals surface area contributed by atoms with E-state index in [1.807, 2.05) is 13.8 Å². The highest BCUT2D eigenvalue weighted by Crippen LogP contribution is 2.09. The minimum Gasteiger partial charge on any atom is -0.468 e. The van der Waals surface area contributed by atoms with Crippen molar-refractivity contribution < 1.29 is 14.6 Å². The molecule has 0 saturated heterocycles. The smallest absolute Gasteiger partial charge is 0.322 e. The van der Waals surface area contributed by atoms with Crippen molar-refractivity contribution in [3.63, 3.8) is 0 Å². The molecule has 2 unspecified atom stereocenters. The van der Waals surface area contributed by atoms with Crippen LogP contribution in [0.4, 0.5) is 0 Å². The van der Waals surface area contributed by atoms with Crippen LogP contribution in [0.3, 0.4) is 0 Å². The van der Waals surface area contributed by atoms with Crippen molar-refractivity contribution in [1.29, 1.82) is 0 Å². The van der Waals surface area contributed by atoms with Gasteiger partial charge in [-0.2, -0.15) is 0 Å². The Kier molecular flexibility index (Phi) is 4.95. The number of ether oxygens (including phenoxy) is 1. The summed E-state index contributed by atoms with van der Waals surface area (Å²) >= 11 is 0. The van der Waals surface area contributed by atoms with Gasteiger partial charge in [0.1, 0.15) is 6.04 Å². The Balaban J connectivity index is 4.16. The molecule has 0 aliphatic rings. The van der Waals surface area contributed by atoms with Crippen molar-refractivity contribution in [2.45, 2.75) is 38.8 Å². The highest BCUT2D eigenvalue weighted by molar-refractivity contribution is 5.75. The van der Waals surface area contributed by atoms with E-state index in [1.165, 1.54) is 7.11 Å². The van der Waals surface area contributed by atoms with Gasteiger partial charge in [0.25, 0.3) is 0 Å². The molecule has 2 N–H and O–H groups in total. The van der Waals surface area contributed by atoms with E-state index < -0.39 is 5.54 Å². The van der Waals surface area contributed by atoms with Gasteiger partial charge in [0, 0.05) is 5.54 Å². The van der Waals surface area contributed by atoms with Crippen LogP contribution in [0.25, 0.3) is 0 Å². The van der Waals surface area contributed by atoms with Gasteiger partial charge in [-0.25, -0.2) is 0 Å². The van der Waals surface area contributed by atoms with E-state index >= 15 is 0 Å². The molecule has 0 aliphatic carbocycles. The van der Waals surface area contributed by atoms with E-state index in [0.29, 0.717) is 0 Å². The molecule has 0 aliphatic heterocycles. The zero-order chi connectivity index (χ0) is 10.5. The Morgan fingerprint density at radius 2 is 2.23 bits per heavy atom. The number of rotatable bonds is 5. The quantitative estimate of drug-likeness (QED) is 0.611. The molecule has 0 radical (unpaired) electrons. The summed E-state index contributed by atoms with van der Waals surface area (Å²) in [6.45, 7) is 5.54. The third-order valence-electron chi connectivity index (χ3n) is 2.25. The van der Waals surface area contributed by atoms with Gasteiger partial charge in [0.05, 0.1) is 13.7 Å². The molecule has 0 aromatic carbocycles. The number of aliphatic hydroxyl groups excluding tert-OH is 1. The summed E-state index contributed by atoms with van der Waals surface area (Å²) in [5, 5.41) is 12.1. The third kappa shape index (κ3) is 3.74. The lowest BCUT2D eigenvalue weighted by molar-refractivity contribution is -0.143. The molecule has 0 aromatic heterocycles. The highest BCUT2D eigenvalue weighted by atomic mass is 16.5. The second kappa shape index (κ2) is 5.19. The first kappa shape index (κ1) is 12.4. The fraction of sp³-hybridized carbons (Fsp3) is 0.889. The van der Waals surface area contributed by atoms with Gasteiger partial charge in [-0.15, -0.1) is 0 Å².